The summed E-state index contributed by atoms with van der Waals surface area (Å²) in [6.45, 7) is 3.25. The van der Waals surface area contributed by atoms with Crippen LogP contribution in [0.15, 0.2) is 24.4 Å². The van der Waals surface area contributed by atoms with Crippen LogP contribution in [0.5, 0.6) is 0 Å². The van der Waals surface area contributed by atoms with Gasteiger partial charge in [0.2, 0.25) is 0 Å². The molecule has 0 radical (unpaired) electrons. The predicted octanol–water partition coefficient (Wildman–Crippen LogP) is 0.644. The second-order valence-corrected chi connectivity index (χ2v) is 4.64. The molecule has 0 aliphatic heterocycles. The molecule has 0 aliphatic rings. The van der Waals surface area contributed by atoms with Crippen LogP contribution < -0.4 is 10.6 Å². The maximum absolute atomic E-state index is 12.0. The van der Waals surface area contributed by atoms with Crippen LogP contribution in [0.4, 0.5) is 4.79 Å². The minimum atomic E-state index is -1.12. The van der Waals surface area contributed by atoms with E-state index < -0.39 is 24.0 Å². The van der Waals surface area contributed by atoms with Crippen molar-refractivity contribution in [3.63, 3.8) is 0 Å². The first-order chi connectivity index (χ1) is 10.4. The van der Waals surface area contributed by atoms with E-state index in [1.165, 1.54) is 20.2 Å². The summed E-state index contributed by atoms with van der Waals surface area (Å²) in [4.78, 5) is 38.8. The molecule has 0 bridgehead atoms. The molecule has 2 heterocycles. The standard InChI is InChI=1S/C14H16N4O4/c1-8-5-4-6-11-16-10(7-18(8)11)13(20)22-9(2)12(19)17-14(21)15-3/h4-7,9H,1-3H3,(H2,15,17,19,21). The number of amides is 3. The molecule has 116 valence electrons. The van der Waals surface area contributed by atoms with E-state index in [0.29, 0.717) is 5.65 Å². The fraction of sp³-hybridized carbons (Fsp3) is 0.286. The van der Waals surface area contributed by atoms with E-state index in [0.717, 1.165) is 5.69 Å². The summed E-state index contributed by atoms with van der Waals surface area (Å²) in [6, 6.07) is 4.79. The number of aromatic nitrogens is 2. The van der Waals surface area contributed by atoms with Gasteiger partial charge in [0.25, 0.3) is 5.91 Å². The van der Waals surface area contributed by atoms with E-state index in [2.05, 4.69) is 10.3 Å². The number of nitrogens with one attached hydrogen (secondary N) is 2. The Bertz CT molecular complexity index is 738. The third-order valence-corrected chi connectivity index (χ3v) is 3.02. The summed E-state index contributed by atoms with van der Waals surface area (Å²) < 4.78 is 6.75. The number of urea groups is 1. The number of hydrogen-bond acceptors (Lipinski definition) is 5. The molecule has 0 saturated heterocycles. The summed E-state index contributed by atoms with van der Waals surface area (Å²) in [6.07, 6.45) is 0.423. The van der Waals surface area contributed by atoms with E-state index in [4.69, 9.17) is 4.74 Å². The molecule has 1 atom stereocenters. The van der Waals surface area contributed by atoms with Crippen LogP contribution in [0, 0.1) is 6.92 Å². The summed E-state index contributed by atoms with van der Waals surface area (Å²) in [7, 11) is 1.37. The summed E-state index contributed by atoms with van der Waals surface area (Å²) >= 11 is 0. The van der Waals surface area contributed by atoms with Crippen molar-refractivity contribution >= 4 is 23.6 Å². The minimum absolute atomic E-state index is 0.0916. The Hall–Kier alpha value is -2.90. The maximum atomic E-state index is 12.0. The highest BCUT2D eigenvalue weighted by atomic mass is 16.5. The lowest BCUT2D eigenvalue weighted by Crippen LogP contribution is -2.43. The zero-order valence-electron chi connectivity index (χ0n) is 12.4. The molecule has 8 heteroatoms. The topological polar surface area (TPSA) is 102 Å². The summed E-state index contributed by atoms with van der Waals surface area (Å²) in [5.41, 5.74) is 1.61. The Kier molecular flexibility index (Phi) is 4.40. The molecular weight excluding hydrogens is 288 g/mol. The maximum Gasteiger partial charge on any atom is 0.359 e. The number of imidazole rings is 1. The van der Waals surface area contributed by atoms with Gasteiger partial charge in [0, 0.05) is 18.9 Å². The lowest BCUT2D eigenvalue weighted by Gasteiger charge is -2.11. The fourth-order valence-electron chi connectivity index (χ4n) is 1.80. The number of fused-ring (bicyclic) bond motifs is 1. The first kappa shape index (κ1) is 15.5. The van der Waals surface area contributed by atoms with Gasteiger partial charge in [-0.15, -0.1) is 0 Å². The average Bonchev–Trinajstić information content (AvgIpc) is 2.92. The average molecular weight is 304 g/mol. The molecular formula is C14H16N4O4. The number of ether oxygens (including phenoxy) is 1. The molecule has 2 aromatic heterocycles. The second-order valence-electron chi connectivity index (χ2n) is 4.64. The first-order valence-corrected chi connectivity index (χ1v) is 6.60. The molecule has 8 nitrogen and oxygen atoms in total. The van der Waals surface area contributed by atoms with Crippen molar-refractivity contribution in [3.8, 4) is 0 Å². The van der Waals surface area contributed by atoms with E-state index in [9.17, 15) is 14.4 Å². The van der Waals surface area contributed by atoms with Gasteiger partial charge in [-0.1, -0.05) is 6.07 Å². The largest absolute Gasteiger partial charge is 0.448 e. The Balaban J connectivity index is 2.09. The number of esters is 1. The van der Waals surface area contributed by atoms with Crippen LogP contribution in [0.2, 0.25) is 0 Å². The number of hydrogen-bond donors (Lipinski definition) is 2. The Morgan fingerprint density at radius 2 is 2.05 bits per heavy atom. The molecule has 3 amide bonds. The van der Waals surface area contributed by atoms with Gasteiger partial charge in [-0.05, 0) is 26.0 Å². The van der Waals surface area contributed by atoms with Crippen molar-refractivity contribution in [2.75, 3.05) is 7.05 Å². The SMILES string of the molecule is CNC(=O)NC(=O)C(C)OC(=O)c1cn2c(C)cccc2n1. The fourth-order valence-corrected chi connectivity index (χ4v) is 1.80. The van der Waals surface area contributed by atoms with Gasteiger partial charge in [0.05, 0.1) is 0 Å². The Morgan fingerprint density at radius 3 is 2.68 bits per heavy atom. The number of aryl methyl sites for hydroxylation is 1. The summed E-state index contributed by atoms with van der Waals surface area (Å²) in [5.74, 6) is -1.45. The third-order valence-electron chi connectivity index (χ3n) is 3.02. The predicted molar refractivity (Wildman–Crippen MR) is 77.4 cm³/mol. The molecule has 0 aliphatic carbocycles. The second kappa shape index (κ2) is 6.25. The normalized spacial score (nSPS) is 11.8. The highest BCUT2D eigenvalue weighted by Gasteiger charge is 2.22. The van der Waals surface area contributed by atoms with Crippen molar-refractivity contribution in [2.24, 2.45) is 0 Å². The smallest absolute Gasteiger partial charge is 0.359 e. The van der Waals surface area contributed by atoms with Crippen LogP contribution in [0.3, 0.4) is 0 Å². The number of rotatable bonds is 3. The molecule has 2 N–H and O–H groups in total. The zero-order valence-corrected chi connectivity index (χ0v) is 12.4. The van der Waals surface area contributed by atoms with Gasteiger partial charge in [-0.2, -0.15) is 0 Å². The van der Waals surface area contributed by atoms with Crippen LogP contribution in [0.25, 0.3) is 5.65 Å². The van der Waals surface area contributed by atoms with Crippen LogP contribution in [-0.4, -0.2) is 40.4 Å². The first-order valence-electron chi connectivity index (χ1n) is 6.60. The van der Waals surface area contributed by atoms with Crippen molar-refractivity contribution < 1.29 is 19.1 Å². The molecule has 1 unspecified atom stereocenters. The van der Waals surface area contributed by atoms with E-state index in [1.54, 1.807) is 10.5 Å². The van der Waals surface area contributed by atoms with Crippen molar-refractivity contribution in [1.29, 1.82) is 0 Å². The van der Waals surface area contributed by atoms with Crippen LogP contribution in [-0.2, 0) is 9.53 Å². The van der Waals surface area contributed by atoms with Crippen molar-refractivity contribution in [2.45, 2.75) is 20.0 Å². The quantitative estimate of drug-likeness (QED) is 0.810. The van der Waals surface area contributed by atoms with Crippen molar-refractivity contribution in [3.05, 3.63) is 35.8 Å². The van der Waals surface area contributed by atoms with E-state index >= 15 is 0 Å². The van der Waals surface area contributed by atoms with Gasteiger partial charge >= 0.3 is 12.0 Å². The van der Waals surface area contributed by atoms with E-state index in [-0.39, 0.29) is 5.69 Å². The van der Waals surface area contributed by atoms with Crippen molar-refractivity contribution in [1.82, 2.24) is 20.0 Å². The Morgan fingerprint density at radius 1 is 1.32 bits per heavy atom. The van der Waals surface area contributed by atoms with Gasteiger partial charge in [-0.25, -0.2) is 14.6 Å². The molecule has 0 aromatic carbocycles. The van der Waals surface area contributed by atoms with Gasteiger partial charge in [0.15, 0.2) is 11.8 Å². The van der Waals surface area contributed by atoms with Crippen LogP contribution >= 0.6 is 0 Å². The van der Waals surface area contributed by atoms with Gasteiger partial charge in [-0.3, -0.25) is 10.1 Å². The molecule has 0 spiro atoms. The third kappa shape index (κ3) is 3.22. The number of carbonyl (C=O) groups excluding carboxylic acids is 3. The number of imide groups is 1. The molecule has 2 aromatic rings. The number of carbonyl (C=O) groups is 3. The lowest BCUT2D eigenvalue weighted by atomic mass is 10.3. The molecule has 2 rings (SSSR count). The van der Waals surface area contributed by atoms with Crippen LogP contribution in [0.1, 0.15) is 23.1 Å². The highest BCUT2D eigenvalue weighted by Crippen LogP contribution is 2.10. The highest BCUT2D eigenvalue weighted by molar-refractivity contribution is 5.98. The van der Waals surface area contributed by atoms with Gasteiger partial charge in [0.1, 0.15) is 5.65 Å². The minimum Gasteiger partial charge on any atom is -0.448 e. The molecule has 0 saturated carbocycles. The lowest BCUT2D eigenvalue weighted by molar-refractivity contribution is -0.127. The van der Waals surface area contributed by atoms with Gasteiger partial charge < -0.3 is 14.5 Å². The Labute approximate surface area is 126 Å². The monoisotopic (exact) mass is 304 g/mol. The zero-order chi connectivity index (χ0) is 16.3. The number of nitrogens with zero attached hydrogens (tertiary/aromatic N) is 2. The molecule has 22 heavy (non-hydrogen) atoms. The summed E-state index contributed by atoms with van der Waals surface area (Å²) in [5, 5.41) is 4.26. The van der Waals surface area contributed by atoms with E-state index in [1.807, 2.05) is 24.4 Å². The number of pyridine rings is 1. The molecule has 0 fully saturated rings.